The van der Waals surface area contributed by atoms with E-state index >= 15 is 0 Å². The van der Waals surface area contributed by atoms with E-state index in [1.807, 2.05) is 0 Å². The monoisotopic (exact) mass is 267 g/mol. The number of nitrogens with zero attached hydrogens (tertiary/aromatic N) is 1. The van der Waals surface area contributed by atoms with Crippen LogP contribution in [0.1, 0.15) is 79.6 Å². The second-order valence-corrected chi connectivity index (χ2v) is 6.97. The lowest BCUT2D eigenvalue weighted by molar-refractivity contribution is -0.257. The number of hydroxylamine groups is 2. The van der Waals surface area contributed by atoms with Crippen LogP contribution in [-0.2, 0) is 4.84 Å². The number of unbranched alkanes of at least 4 members (excludes halogenated alkanes) is 5. The summed E-state index contributed by atoms with van der Waals surface area (Å²) >= 11 is 0. The lowest BCUT2D eigenvalue weighted by Gasteiger charge is -2.48. The Morgan fingerprint density at radius 1 is 1.00 bits per heavy atom. The van der Waals surface area contributed by atoms with Crippen molar-refractivity contribution in [2.24, 2.45) is 0 Å². The fourth-order valence-electron chi connectivity index (χ4n) is 2.95. The van der Waals surface area contributed by atoms with Crippen LogP contribution in [0.4, 0.5) is 0 Å². The summed E-state index contributed by atoms with van der Waals surface area (Å²) in [6.45, 7) is 12.1. The minimum Gasteiger partial charge on any atom is -0.298 e. The first-order valence-electron chi connectivity index (χ1n) is 8.01. The van der Waals surface area contributed by atoms with Crippen molar-refractivity contribution in [1.82, 2.24) is 5.06 Å². The van der Waals surface area contributed by atoms with Gasteiger partial charge in [0.15, 0.2) is 0 Å². The molecule has 112 valence electrons. The molecular formula is C17H33NO. The van der Waals surface area contributed by atoms with Gasteiger partial charge in [-0.3, -0.25) is 4.84 Å². The SMILES string of the molecule is CCCCCCCCON1C(C)(C)C=CCC1(C)C. The molecule has 0 aromatic carbocycles. The zero-order chi connectivity index (χ0) is 14.4. The molecule has 0 bridgehead atoms. The lowest BCUT2D eigenvalue weighted by atomic mass is 9.88. The molecule has 1 heterocycles. The van der Waals surface area contributed by atoms with Crippen molar-refractivity contribution in [2.75, 3.05) is 6.61 Å². The minimum atomic E-state index is 0.00393. The molecule has 0 aliphatic carbocycles. The standard InChI is InChI=1S/C17H33NO/c1-6-7-8-9-10-11-15-19-18-16(2,3)13-12-14-17(18,4)5/h12-13H,6-11,14-15H2,1-5H3. The van der Waals surface area contributed by atoms with Crippen LogP contribution in [0.15, 0.2) is 12.2 Å². The van der Waals surface area contributed by atoms with Gasteiger partial charge in [-0.2, -0.15) is 5.06 Å². The molecule has 0 saturated heterocycles. The Hall–Kier alpha value is -0.340. The Morgan fingerprint density at radius 2 is 1.63 bits per heavy atom. The molecule has 0 aromatic heterocycles. The Morgan fingerprint density at radius 3 is 2.26 bits per heavy atom. The Balaban J connectivity index is 2.28. The van der Waals surface area contributed by atoms with E-state index in [0.29, 0.717) is 0 Å². The maximum absolute atomic E-state index is 6.10. The van der Waals surface area contributed by atoms with Gasteiger partial charge < -0.3 is 0 Å². The van der Waals surface area contributed by atoms with Gasteiger partial charge in [0, 0.05) is 5.54 Å². The molecule has 0 saturated carbocycles. The minimum absolute atomic E-state index is 0.00393. The smallest absolute Gasteiger partial charge is 0.0685 e. The molecule has 2 nitrogen and oxygen atoms in total. The molecule has 0 atom stereocenters. The molecule has 0 unspecified atom stereocenters. The van der Waals surface area contributed by atoms with Crippen LogP contribution < -0.4 is 0 Å². The second kappa shape index (κ2) is 7.44. The van der Waals surface area contributed by atoms with E-state index < -0.39 is 0 Å². The molecule has 0 spiro atoms. The van der Waals surface area contributed by atoms with Crippen LogP contribution in [0.25, 0.3) is 0 Å². The normalized spacial score (nSPS) is 21.7. The second-order valence-electron chi connectivity index (χ2n) is 6.97. The fraction of sp³-hybridized carbons (Fsp3) is 0.882. The fourth-order valence-corrected chi connectivity index (χ4v) is 2.95. The van der Waals surface area contributed by atoms with Crippen molar-refractivity contribution in [1.29, 1.82) is 0 Å². The summed E-state index contributed by atoms with van der Waals surface area (Å²) in [6, 6.07) is 0. The molecule has 0 N–H and O–H groups in total. The molecule has 1 rings (SSSR count). The molecule has 1 aliphatic rings. The molecule has 1 aliphatic heterocycles. The predicted molar refractivity (Wildman–Crippen MR) is 83.1 cm³/mol. The molecule has 0 radical (unpaired) electrons. The highest BCUT2D eigenvalue weighted by Crippen LogP contribution is 2.34. The Labute approximate surface area is 120 Å². The summed E-state index contributed by atoms with van der Waals surface area (Å²) in [6.07, 6.45) is 13.5. The van der Waals surface area contributed by atoms with E-state index in [0.717, 1.165) is 13.0 Å². The van der Waals surface area contributed by atoms with E-state index in [1.54, 1.807) is 0 Å². The van der Waals surface area contributed by atoms with Crippen LogP contribution in [0, 0.1) is 0 Å². The third kappa shape index (κ3) is 5.27. The first-order valence-corrected chi connectivity index (χ1v) is 8.01. The number of rotatable bonds is 8. The highest BCUT2D eigenvalue weighted by molar-refractivity contribution is 5.10. The summed E-state index contributed by atoms with van der Waals surface area (Å²) in [5.74, 6) is 0. The maximum atomic E-state index is 6.10. The van der Waals surface area contributed by atoms with E-state index in [1.165, 1.54) is 38.5 Å². The van der Waals surface area contributed by atoms with Crippen molar-refractivity contribution in [3.8, 4) is 0 Å². The van der Waals surface area contributed by atoms with Gasteiger partial charge in [0.05, 0.1) is 12.1 Å². The van der Waals surface area contributed by atoms with Crippen LogP contribution in [-0.4, -0.2) is 22.7 Å². The van der Waals surface area contributed by atoms with Crippen LogP contribution >= 0.6 is 0 Å². The summed E-state index contributed by atoms with van der Waals surface area (Å²) in [7, 11) is 0. The first kappa shape index (κ1) is 16.7. The van der Waals surface area contributed by atoms with E-state index in [-0.39, 0.29) is 11.1 Å². The van der Waals surface area contributed by atoms with E-state index in [9.17, 15) is 0 Å². The van der Waals surface area contributed by atoms with Crippen LogP contribution in [0.3, 0.4) is 0 Å². The Kier molecular flexibility index (Phi) is 6.55. The average Bonchev–Trinajstić information content (AvgIpc) is 2.30. The maximum Gasteiger partial charge on any atom is 0.0685 e. The van der Waals surface area contributed by atoms with Crippen molar-refractivity contribution < 1.29 is 4.84 Å². The lowest BCUT2D eigenvalue weighted by Crippen LogP contribution is -2.56. The highest BCUT2D eigenvalue weighted by Gasteiger charge is 2.39. The van der Waals surface area contributed by atoms with Gasteiger partial charge >= 0.3 is 0 Å². The average molecular weight is 267 g/mol. The topological polar surface area (TPSA) is 12.5 Å². The van der Waals surface area contributed by atoms with Gasteiger partial charge in [0.2, 0.25) is 0 Å². The highest BCUT2D eigenvalue weighted by atomic mass is 16.7. The molecule has 0 aromatic rings. The van der Waals surface area contributed by atoms with Crippen LogP contribution in [0.2, 0.25) is 0 Å². The largest absolute Gasteiger partial charge is 0.298 e. The summed E-state index contributed by atoms with van der Waals surface area (Å²) in [5.41, 5.74) is 0.102. The zero-order valence-corrected chi connectivity index (χ0v) is 13.7. The van der Waals surface area contributed by atoms with Gasteiger partial charge in [0.1, 0.15) is 0 Å². The Bertz CT molecular complexity index is 281. The van der Waals surface area contributed by atoms with E-state index in [4.69, 9.17) is 4.84 Å². The van der Waals surface area contributed by atoms with Gasteiger partial charge in [-0.25, -0.2) is 0 Å². The van der Waals surface area contributed by atoms with E-state index in [2.05, 4.69) is 51.8 Å². The van der Waals surface area contributed by atoms with Gasteiger partial charge in [-0.05, 0) is 40.5 Å². The van der Waals surface area contributed by atoms with Gasteiger partial charge in [-0.15, -0.1) is 0 Å². The van der Waals surface area contributed by atoms with Gasteiger partial charge in [0.25, 0.3) is 0 Å². The number of hydrogen-bond acceptors (Lipinski definition) is 2. The van der Waals surface area contributed by atoms with Crippen molar-refractivity contribution in [2.45, 2.75) is 90.6 Å². The third-order valence-corrected chi connectivity index (χ3v) is 3.93. The zero-order valence-electron chi connectivity index (χ0n) is 13.7. The molecule has 19 heavy (non-hydrogen) atoms. The van der Waals surface area contributed by atoms with Gasteiger partial charge in [-0.1, -0.05) is 51.2 Å². The molecule has 2 heteroatoms. The summed E-state index contributed by atoms with van der Waals surface area (Å²) in [5, 5.41) is 2.20. The van der Waals surface area contributed by atoms with Crippen molar-refractivity contribution in [3.63, 3.8) is 0 Å². The third-order valence-electron chi connectivity index (χ3n) is 3.93. The summed E-state index contributed by atoms with van der Waals surface area (Å²) < 4.78 is 0. The van der Waals surface area contributed by atoms with Crippen molar-refractivity contribution >= 4 is 0 Å². The van der Waals surface area contributed by atoms with Crippen LogP contribution in [0.5, 0.6) is 0 Å². The number of hydrogen-bond donors (Lipinski definition) is 0. The quantitative estimate of drug-likeness (QED) is 0.448. The first-order chi connectivity index (χ1) is 8.90. The molecule has 0 amide bonds. The summed E-state index contributed by atoms with van der Waals surface area (Å²) in [4.78, 5) is 6.10. The molecular weight excluding hydrogens is 234 g/mol. The predicted octanol–water partition coefficient (Wildman–Crippen LogP) is 5.10. The van der Waals surface area contributed by atoms with Crippen molar-refractivity contribution in [3.05, 3.63) is 12.2 Å². The molecule has 0 fully saturated rings.